The minimum absolute atomic E-state index is 0.230. The molecule has 2 N–H and O–H groups in total. The summed E-state index contributed by atoms with van der Waals surface area (Å²) in [5, 5.41) is 0. The summed E-state index contributed by atoms with van der Waals surface area (Å²) >= 11 is 0. The van der Waals surface area contributed by atoms with Crippen molar-refractivity contribution in [2.75, 3.05) is 20.2 Å². The summed E-state index contributed by atoms with van der Waals surface area (Å²) in [5.41, 5.74) is 6.64. The Morgan fingerprint density at radius 1 is 1.39 bits per heavy atom. The summed E-state index contributed by atoms with van der Waals surface area (Å²) in [7, 11) is 1.36. The van der Waals surface area contributed by atoms with Crippen LogP contribution in [0.15, 0.2) is 24.3 Å². The Morgan fingerprint density at radius 2 is 2.11 bits per heavy atom. The molecule has 0 saturated carbocycles. The highest BCUT2D eigenvalue weighted by atomic mass is 16.5. The van der Waals surface area contributed by atoms with E-state index in [1.807, 2.05) is 17.9 Å². The topological polar surface area (TPSA) is 72.6 Å². The number of nitrogens with two attached hydrogens (primary N) is 1. The lowest BCUT2D eigenvalue weighted by Crippen LogP contribution is -2.30. The molecule has 0 bridgehead atoms. The van der Waals surface area contributed by atoms with Crippen LogP contribution in [0.3, 0.4) is 0 Å². The van der Waals surface area contributed by atoms with Gasteiger partial charge >= 0.3 is 5.97 Å². The van der Waals surface area contributed by atoms with Gasteiger partial charge in [0.1, 0.15) is 0 Å². The number of nitrogens with zero attached hydrogens (tertiary/aromatic N) is 1. The standard InChI is InChI=1S/C13H18N2O3/c1-3-15(9-12(16)18-2)8-10-5-4-6-11(7-10)13(14)17/h4-7H,3,8-9H2,1-2H3,(H2,14,17). The number of ether oxygens (including phenoxy) is 1. The quantitative estimate of drug-likeness (QED) is 0.757. The summed E-state index contributed by atoms with van der Waals surface area (Å²) in [6.07, 6.45) is 0. The van der Waals surface area contributed by atoms with Crippen LogP contribution in [0.2, 0.25) is 0 Å². The van der Waals surface area contributed by atoms with Gasteiger partial charge in [0.2, 0.25) is 5.91 Å². The minimum Gasteiger partial charge on any atom is -0.468 e. The number of methoxy groups -OCH3 is 1. The Kier molecular flexibility index (Phi) is 5.32. The maximum absolute atomic E-state index is 11.2. The maximum Gasteiger partial charge on any atom is 0.319 e. The van der Waals surface area contributed by atoms with Crippen molar-refractivity contribution in [3.8, 4) is 0 Å². The lowest BCUT2D eigenvalue weighted by molar-refractivity contribution is -0.142. The van der Waals surface area contributed by atoms with Crippen molar-refractivity contribution in [2.45, 2.75) is 13.5 Å². The average molecular weight is 250 g/mol. The third-order valence-corrected chi connectivity index (χ3v) is 2.65. The molecule has 0 aliphatic rings. The number of hydrogen-bond donors (Lipinski definition) is 1. The monoisotopic (exact) mass is 250 g/mol. The molecule has 1 amide bonds. The summed E-state index contributed by atoms with van der Waals surface area (Å²) in [5.74, 6) is -0.726. The van der Waals surface area contributed by atoms with Gasteiger partial charge in [-0.15, -0.1) is 0 Å². The van der Waals surface area contributed by atoms with E-state index in [0.717, 1.165) is 12.1 Å². The number of hydrogen-bond acceptors (Lipinski definition) is 4. The van der Waals surface area contributed by atoms with Gasteiger partial charge in [-0.3, -0.25) is 14.5 Å². The van der Waals surface area contributed by atoms with Crippen LogP contribution in [0.25, 0.3) is 0 Å². The summed E-state index contributed by atoms with van der Waals surface area (Å²) in [4.78, 5) is 24.2. The molecule has 1 rings (SSSR count). The van der Waals surface area contributed by atoms with E-state index >= 15 is 0 Å². The Labute approximate surface area is 107 Å². The number of carbonyl (C=O) groups excluding carboxylic acids is 2. The zero-order chi connectivity index (χ0) is 13.5. The van der Waals surface area contributed by atoms with Crippen LogP contribution < -0.4 is 5.73 Å². The second-order valence-corrected chi connectivity index (χ2v) is 3.94. The predicted octanol–water partition coefficient (Wildman–Crippen LogP) is 0.780. The predicted molar refractivity (Wildman–Crippen MR) is 67.9 cm³/mol. The van der Waals surface area contributed by atoms with Crippen molar-refractivity contribution in [1.29, 1.82) is 0 Å². The van der Waals surface area contributed by atoms with E-state index < -0.39 is 5.91 Å². The number of carbonyl (C=O) groups is 2. The maximum atomic E-state index is 11.2. The van der Waals surface area contributed by atoms with Crippen LogP contribution in [-0.4, -0.2) is 37.0 Å². The van der Waals surface area contributed by atoms with E-state index in [-0.39, 0.29) is 12.5 Å². The molecule has 0 radical (unpaired) electrons. The second-order valence-electron chi connectivity index (χ2n) is 3.94. The van der Waals surface area contributed by atoms with Gasteiger partial charge in [-0.1, -0.05) is 19.1 Å². The van der Waals surface area contributed by atoms with E-state index in [4.69, 9.17) is 5.73 Å². The number of primary amides is 1. The molecule has 0 aliphatic heterocycles. The largest absolute Gasteiger partial charge is 0.468 e. The highest BCUT2D eigenvalue weighted by Gasteiger charge is 2.10. The third kappa shape index (κ3) is 4.18. The van der Waals surface area contributed by atoms with Gasteiger partial charge in [-0.25, -0.2) is 0 Å². The van der Waals surface area contributed by atoms with E-state index in [1.54, 1.807) is 18.2 Å². The highest BCUT2D eigenvalue weighted by molar-refractivity contribution is 5.92. The molecular weight excluding hydrogens is 232 g/mol. The van der Waals surface area contributed by atoms with Crippen LogP contribution in [0.1, 0.15) is 22.8 Å². The fourth-order valence-corrected chi connectivity index (χ4v) is 1.61. The molecule has 1 aromatic carbocycles. The van der Waals surface area contributed by atoms with Gasteiger partial charge in [0, 0.05) is 12.1 Å². The number of esters is 1. The van der Waals surface area contributed by atoms with Gasteiger partial charge in [-0.05, 0) is 24.2 Å². The molecule has 98 valence electrons. The van der Waals surface area contributed by atoms with Gasteiger partial charge < -0.3 is 10.5 Å². The molecule has 0 fully saturated rings. The fraction of sp³-hybridized carbons (Fsp3) is 0.385. The smallest absolute Gasteiger partial charge is 0.319 e. The molecule has 0 saturated heterocycles. The summed E-state index contributed by atoms with van der Waals surface area (Å²) < 4.78 is 4.63. The van der Waals surface area contributed by atoms with Crippen molar-refractivity contribution < 1.29 is 14.3 Å². The molecule has 0 atom stereocenters. The van der Waals surface area contributed by atoms with Crippen molar-refractivity contribution in [3.63, 3.8) is 0 Å². The van der Waals surface area contributed by atoms with Crippen molar-refractivity contribution >= 4 is 11.9 Å². The summed E-state index contributed by atoms with van der Waals surface area (Å²) in [6.45, 7) is 3.48. The van der Waals surface area contributed by atoms with Gasteiger partial charge in [-0.2, -0.15) is 0 Å². The molecule has 0 unspecified atom stereocenters. The van der Waals surface area contributed by atoms with Gasteiger partial charge in [0.15, 0.2) is 0 Å². The molecule has 1 aromatic rings. The van der Waals surface area contributed by atoms with Crippen molar-refractivity contribution in [3.05, 3.63) is 35.4 Å². The van der Waals surface area contributed by atoms with Gasteiger partial charge in [0.05, 0.1) is 13.7 Å². The third-order valence-electron chi connectivity index (χ3n) is 2.65. The van der Waals surface area contributed by atoms with Crippen LogP contribution >= 0.6 is 0 Å². The van der Waals surface area contributed by atoms with E-state index in [2.05, 4.69) is 4.74 Å². The highest BCUT2D eigenvalue weighted by Crippen LogP contribution is 2.08. The molecule has 0 spiro atoms. The first-order chi connectivity index (χ1) is 8.56. The summed E-state index contributed by atoms with van der Waals surface area (Å²) in [6, 6.07) is 7.08. The number of benzene rings is 1. The first kappa shape index (κ1) is 14.2. The molecule has 5 heteroatoms. The molecule has 0 aliphatic carbocycles. The Balaban J connectivity index is 2.72. The van der Waals surface area contributed by atoms with Gasteiger partial charge in [0.25, 0.3) is 0 Å². The average Bonchev–Trinajstić information content (AvgIpc) is 2.38. The van der Waals surface area contributed by atoms with Crippen LogP contribution in [0.4, 0.5) is 0 Å². The lowest BCUT2D eigenvalue weighted by Gasteiger charge is -2.19. The zero-order valence-electron chi connectivity index (χ0n) is 10.7. The van der Waals surface area contributed by atoms with Crippen molar-refractivity contribution in [1.82, 2.24) is 4.90 Å². The van der Waals surface area contributed by atoms with E-state index in [1.165, 1.54) is 7.11 Å². The minimum atomic E-state index is -0.451. The molecule has 0 aromatic heterocycles. The Bertz CT molecular complexity index is 432. The molecular formula is C13H18N2O3. The Morgan fingerprint density at radius 3 is 2.67 bits per heavy atom. The SMILES string of the molecule is CCN(CC(=O)OC)Cc1cccc(C(N)=O)c1. The number of likely N-dealkylation sites (N-methyl/N-ethyl adjacent to an activating group) is 1. The van der Waals surface area contributed by atoms with E-state index in [0.29, 0.717) is 12.1 Å². The normalized spacial score (nSPS) is 10.4. The molecule has 0 heterocycles. The number of amides is 1. The Hall–Kier alpha value is -1.88. The number of rotatable bonds is 6. The van der Waals surface area contributed by atoms with Crippen molar-refractivity contribution in [2.24, 2.45) is 5.73 Å². The second kappa shape index (κ2) is 6.76. The van der Waals surface area contributed by atoms with Crippen LogP contribution in [-0.2, 0) is 16.1 Å². The van der Waals surface area contributed by atoms with Crippen LogP contribution in [0.5, 0.6) is 0 Å². The molecule has 5 nitrogen and oxygen atoms in total. The zero-order valence-corrected chi connectivity index (χ0v) is 10.7. The first-order valence-corrected chi connectivity index (χ1v) is 5.74. The van der Waals surface area contributed by atoms with Crippen LogP contribution in [0, 0.1) is 0 Å². The molecule has 18 heavy (non-hydrogen) atoms. The van der Waals surface area contributed by atoms with E-state index in [9.17, 15) is 9.59 Å². The fourth-order valence-electron chi connectivity index (χ4n) is 1.61. The first-order valence-electron chi connectivity index (χ1n) is 5.74. The lowest BCUT2D eigenvalue weighted by atomic mass is 10.1.